The Morgan fingerprint density at radius 2 is 2.00 bits per heavy atom. The van der Waals surface area contributed by atoms with Gasteiger partial charge in [-0.15, -0.1) is 9.32 Å². The fourth-order valence-electron chi connectivity index (χ4n) is 3.77. The topological polar surface area (TPSA) is 90.7 Å². The second-order valence-corrected chi connectivity index (χ2v) is 8.61. The molecule has 0 aliphatic carbocycles. The van der Waals surface area contributed by atoms with Crippen LogP contribution in [-0.2, 0) is 15.7 Å². The number of nitrogens with one attached hydrogen (secondary N) is 2. The van der Waals surface area contributed by atoms with Crippen LogP contribution in [-0.4, -0.2) is 23.0 Å². The molecule has 0 radical (unpaired) electrons. The first-order chi connectivity index (χ1) is 16.3. The van der Waals surface area contributed by atoms with Crippen molar-refractivity contribution in [1.82, 2.24) is 15.6 Å². The Kier molecular flexibility index (Phi) is 6.73. The summed E-state index contributed by atoms with van der Waals surface area (Å²) in [5.74, 6) is 0.861. The van der Waals surface area contributed by atoms with Gasteiger partial charge >= 0.3 is 0 Å². The van der Waals surface area contributed by atoms with E-state index in [9.17, 15) is 0 Å². The van der Waals surface area contributed by atoms with E-state index in [0.29, 0.717) is 11.0 Å². The summed E-state index contributed by atoms with van der Waals surface area (Å²) in [5.41, 5.74) is 7.27. The molecule has 0 saturated carbocycles. The Labute approximate surface area is 195 Å². The average molecular weight is 465 g/mol. The van der Waals surface area contributed by atoms with E-state index in [1.807, 2.05) is 42.5 Å². The number of hydrogen-bond acceptors (Lipinski definition) is 9. The van der Waals surface area contributed by atoms with Crippen molar-refractivity contribution in [3.05, 3.63) is 77.9 Å². The Hall–Kier alpha value is -3.11. The first-order valence-electron chi connectivity index (χ1n) is 10.8. The smallest absolute Gasteiger partial charge is 0.151 e. The standard InChI is InChI=1S/C24H24N4O4S/c1-16(17-6-3-2-4-7-17)25-15-20-13-11-18-10-12-19(14-22(18)29-20)26-31-32-33-23-9-5-8-21-24(23)28-30-27-21/h2-10,12,14,16,20,25-26H,11,13,15H2,1H3/t16-,20?/m0/s1. The highest BCUT2D eigenvalue weighted by molar-refractivity contribution is 7.94. The number of benzene rings is 3. The largest absolute Gasteiger partial charge is 0.489 e. The summed E-state index contributed by atoms with van der Waals surface area (Å²) in [6.45, 7) is 2.95. The van der Waals surface area contributed by atoms with Gasteiger partial charge in [0, 0.05) is 18.7 Å². The van der Waals surface area contributed by atoms with E-state index in [4.69, 9.17) is 18.7 Å². The minimum absolute atomic E-state index is 0.114. The molecule has 2 N–H and O–H groups in total. The third kappa shape index (κ3) is 5.28. The maximum atomic E-state index is 6.24. The lowest BCUT2D eigenvalue weighted by atomic mass is 10.0. The van der Waals surface area contributed by atoms with Crippen molar-refractivity contribution in [3.63, 3.8) is 0 Å². The summed E-state index contributed by atoms with van der Waals surface area (Å²) in [5, 5.41) is 11.3. The fourth-order valence-corrected chi connectivity index (χ4v) is 4.26. The Morgan fingerprint density at radius 3 is 2.91 bits per heavy atom. The molecule has 2 heterocycles. The first-order valence-corrected chi connectivity index (χ1v) is 11.6. The molecule has 8 nitrogen and oxygen atoms in total. The van der Waals surface area contributed by atoms with Gasteiger partial charge in [0.15, 0.2) is 5.52 Å². The maximum absolute atomic E-state index is 6.24. The van der Waals surface area contributed by atoms with Crippen LogP contribution in [0.2, 0.25) is 0 Å². The molecule has 3 aromatic carbocycles. The molecule has 9 heteroatoms. The lowest BCUT2D eigenvalue weighted by Crippen LogP contribution is -2.35. The maximum Gasteiger partial charge on any atom is 0.151 e. The molecule has 1 aromatic heterocycles. The molecular weight excluding hydrogens is 440 g/mol. The number of nitrogens with zero attached hydrogens (tertiary/aromatic N) is 2. The molecule has 1 unspecified atom stereocenters. The van der Waals surface area contributed by atoms with Gasteiger partial charge in [-0.3, -0.25) is 0 Å². The second-order valence-electron chi connectivity index (χ2n) is 7.87. The molecule has 2 atom stereocenters. The highest BCUT2D eigenvalue weighted by atomic mass is 32.2. The summed E-state index contributed by atoms with van der Waals surface area (Å²) in [7, 11) is 0. The SMILES string of the molecule is C[C@H](NCC1CCc2ccc(NOOSc3cccc4nonc34)cc2O1)c1ccccc1. The van der Waals surface area contributed by atoms with Crippen LogP contribution < -0.4 is 15.5 Å². The van der Waals surface area contributed by atoms with Gasteiger partial charge in [-0.05, 0) is 59.4 Å². The normalized spacial score (nSPS) is 16.2. The molecule has 0 amide bonds. The lowest BCUT2D eigenvalue weighted by Gasteiger charge is -2.28. The van der Waals surface area contributed by atoms with Crippen LogP contribution in [0.5, 0.6) is 5.75 Å². The number of ether oxygens (including phenoxy) is 1. The molecule has 1 aliphatic rings. The molecule has 170 valence electrons. The Morgan fingerprint density at radius 1 is 1.09 bits per heavy atom. The molecule has 4 aromatic rings. The number of hydrogen-bond donors (Lipinski definition) is 2. The van der Waals surface area contributed by atoms with Gasteiger partial charge in [-0.2, -0.15) is 0 Å². The van der Waals surface area contributed by atoms with Gasteiger partial charge in [-0.25, -0.2) is 10.1 Å². The number of aryl methyl sites for hydroxylation is 1. The predicted octanol–water partition coefficient (Wildman–Crippen LogP) is 5.25. The summed E-state index contributed by atoms with van der Waals surface area (Å²) in [6.07, 6.45) is 2.07. The van der Waals surface area contributed by atoms with Gasteiger partial charge in [0.1, 0.15) is 17.4 Å². The summed E-state index contributed by atoms with van der Waals surface area (Å²) < 4.78 is 16.2. The number of fused-ring (bicyclic) bond motifs is 2. The zero-order valence-electron chi connectivity index (χ0n) is 18.1. The van der Waals surface area contributed by atoms with Crippen LogP contribution in [0.3, 0.4) is 0 Å². The van der Waals surface area contributed by atoms with Crippen LogP contribution in [0.15, 0.2) is 76.3 Å². The third-order valence-electron chi connectivity index (χ3n) is 5.61. The van der Waals surface area contributed by atoms with Gasteiger partial charge in [0.05, 0.1) is 22.6 Å². The zero-order valence-corrected chi connectivity index (χ0v) is 18.9. The first kappa shape index (κ1) is 21.7. The van der Waals surface area contributed by atoms with E-state index >= 15 is 0 Å². The van der Waals surface area contributed by atoms with Crippen LogP contribution in [0.25, 0.3) is 11.0 Å². The average Bonchev–Trinajstić information content (AvgIpc) is 3.35. The van der Waals surface area contributed by atoms with Crippen molar-refractivity contribution in [2.24, 2.45) is 0 Å². The third-order valence-corrected chi connectivity index (χ3v) is 6.26. The minimum Gasteiger partial charge on any atom is -0.489 e. The van der Waals surface area contributed by atoms with Gasteiger partial charge < -0.3 is 10.1 Å². The zero-order chi connectivity index (χ0) is 22.5. The Balaban J connectivity index is 1.12. The van der Waals surface area contributed by atoms with Crippen molar-refractivity contribution in [2.45, 2.75) is 36.8 Å². The van der Waals surface area contributed by atoms with Crippen molar-refractivity contribution in [3.8, 4) is 5.75 Å². The van der Waals surface area contributed by atoms with E-state index in [0.717, 1.165) is 47.8 Å². The Bertz CT molecular complexity index is 1200. The lowest BCUT2D eigenvalue weighted by molar-refractivity contribution is -0.161. The van der Waals surface area contributed by atoms with E-state index < -0.39 is 0 Å². The quantitative estimate of drug-likeness (QED) is 0.149. The van der Waals surface area contributed by atoms with Gasteiger partial charge in [-0.1, -0.05) is 42.5 Å². The van der Waals surface area contributed by atoms with Crippen molar-refractivity contribution >= 4 is 28.8 Å². The monoisotopic (exact) mass is 464 g/mol. The molecular formula is C24H24N4O4S. The number of aromatic nitrogens is 2. The van der Waals surface area contributed by atoms with Crippen molar-refractivity contribution < 1.29 is 18.7 Å². The van der Waals surface area contributed by atoms with E-state index in [1.165, 1.54) is 11.1 Å². The summed E-state index contributed by atoms with van der Waals surface area (Å²) >= 11 is 1.02. The summed E-state index contributed by atoms with van der Waals surface area (Å²) in [6, 6.07) is 22.1. The number of anilines is 1. The second kappa shape index (κ2) is 10.2. The van der Waals surface area contributed by atoms with Gasteiger partial charge in [0.2, 0.25) is 0 Å². The van der Waals surface area contributed by atoms with Crippen molar-refractivity contribution in [1.29, 1.82) is 0 Å². The van der Waals surface area contributed by atoms with Gasteiger partial charge in [0.25, 0.3) is 0 Å². The fraction of sp³-hybridized carbons (Fsp3) is 0.250. The molecule has 5 rings (SSSR count). The highest BCUT2D eigenvalue weighted by Gasteiger charge is 2.21. The molecule has 0 fully saturated rings. The molecule has 0 saturated heterocycles. The predicted molar refractivity (Wildman–Crippen MR) is 125 cm³/mol. The minimum atomic E-state index is 0.114. The van der Waals surface area contributed by atoms with E-state index in [-0.39, 0.29) is 12.1 Å². The number of rotatable bonds is 9. The highest BCUT2D eigenvalue weighted by Crippen LogP contribution is 2.31. The molecule has 0 spiro atoms. The van der Waals surface area contributed by atoms with Crippen molar-refractivity contribution in [2.75, 3.05) is 12.0 Å². The summed E-state index contributed by atoms with van der Waals surface area (Å²) in [4.78, 5) is 5.90. The van der Waals surface area contributed by atoms with E-state index in [1.54, 1.807) is 0 Å². The molecule has 0 bridgehead atoms. The van der Waals surface area contributed by atoms with Crippen LogP contribution in [0.4, 0.5) is 5.69 Å². The van der Waals surface area contributed by atoms with Crippen LogP contribution in [0.1, 0.15) is 30.5 Å². The molecule has 1 aliphatic heterocycles. The van der Waals surface area contributed by atoms with E-state index in [2.05, 4.69) is 52.3 Å². The molecule has 33 heavy (non-hydrogen) atoms. The van der Waals surface area contributed by atoms with Crippen LogP contribution >= 0.6 is 12.0 Å². The van der Waals surface area contributed by atoms with Crippen LogP contribution in [0, 0.1) is 0 Å².